The summed E-state index contributed by atoms with van der Waals surface area (Å²) in [6.45, 7) is 8.05. The molecule has 28 heavy (non-hydrogen) atoms. The second kappa shape index (κ2) is 9.25. The van der Waals surface area contributed by atoms with Crippen LogP contribution in [0.3, 0.4) is 0 Å². The van der Waals surface area contributed by atoms with Gasteiger partial charge in [-0.2, -0.15) is 0 Å². The van der Waals surface area contributed by atoms with Crippen molar-refractivity contribution in [2.75, 3.05) is 7.05 Å². The number of amides is 1. The van der Waals surface area contributed by atoms with Gasteiger partial charge in [0, 0.05) is 18.2 Å². The van der Waals surface area contributed by atoms with Crippen molar-refractivity contribution >= 4 is 46.3 Å². The van der Waals surface area contributed by atoms with Crippen LogP contribution >= 0.6 is 35.4 Å². The van der Waals surface area contributed by atoms with Crippen LogP contribution in [0.1, 0.15) is 55.6 Å². The number of benzene rings is 2. The summed E-state index contributed by atoms with van der Waals surface area (Å²) < 4.78 is 0. The van der Waals surface area contributed by atoms with Gasteiger partial charge in [-0.3, -0.25) is 9.80 Å². The zero-order valence-electron chi connectivity index (χ0n) is 16.9. The monoisotopic (exact) mass is 436 g/mol. The van der Waals surface area contributed by atoms with E-state index in [0.29, 0.717) is 20.6 Å². The Hall–Kier alpha value is -1.62. The van der Waals surface area contributed by atoms with Crippen molar-refractivity contribution in [1.29, 1.82) is 0 Å². The van der Waals surface area contributed by atoms with Crippen LogP contribution in [0.4, 0.5) is 0 Å². The van der Waals surface area contributed by atoms with E-state index >= 15 is 0 Å². The number of halogens is 2. The van der Waals surface area contributed by atoms with Crippen LogP contribution in [0, 0.1) is 0 Å². The summed E-state index contributed by atoms with van der Waals surface area (Å²) in [6.07, 6.45) is 2.13. The van der Waals surface area contributed by atoms with Gasteiger partial charge in [0.25, 0.3) is 5.91 Å². The Morgan fingerprint density at radius 2 is 1.57 bits per heavy atom. The molecule has 0 unspecified atom stereocenters. The van der Waals surface area contributed by atoms with Crippen LogP contribution in [-0.2, 0) is 6.42 Å². The molecular weight excluding hydrogens is 411 g/mol. The fraction of sp³-hybridized carbons (Fsp3) is 0.364. The SMILES string of the molecule is CCCc1ccc(C(=S)N(C)N(C(=O)c2ccc(Cl)c(Cl)c2)C(C)(C)C)cc1. The molecule has 2 rings (SSSR count). The fourth-order valence-electron chi connectivity index (χ4n) is 3.02. The lowest BCUT2D eigenvalue weighted by atomic mass is 10.1. The number of hydrogen-bond donors (Lipinski definition) is 0. The highest BCUT2D eigenvalue weighted by Crippen LogP contribution is 2.26. The standard InChI is InChI=1S/C22H26Cl2N2OS/c1-6-7-15-8-10-16(11-9-15)21(28)25(5)26(22(2,3)4)20(27)17-12-13-18(23)19(24)14-17/h8-14H,6-7H2,1-5H3. The van der Waals surface area contributed by atoms with E-state index in [4.69, 9.17) is 35.4 Å². The largest absolute Gasteiger partial charge is 0.274 e. The summed E-state index contributed by atoms with van der Waals surface area (Å²) >= 11 is 17.8. The number of thiocarbonyl (C=S) groups is 1. The lowest BCUT2D eigenvalue weighted by Crippen LogP contribution is -2.56. The quantitative estimate of drug-likeness (QED) is 0.408. The third-order valence-corrected chi connectivity index (χ3v) is 5.57. The molecule has 0 fully saturated rings. The molecule has 150 valence electrons. The van der Waals surface area contributed by atoms with E-state index in [0.717, 1.165) is 18.4 Å². The molecule has 1 amide bonds. The van der Waals surface area contributed by atoms with Crippen molar-refractivity contribution in [2.24, 2.45) is 0 Å². The van der Waals surface area contributed by atoms with Crippen molar-refractivity contribution in [1.82, 2.24) is 10.0 Å². The van der Waals surface area contributed by atoms with Gasteiger partial charge in [-0.1, -0.05) is 73.0 Å². The molecule has 0 aliphatic rings. The first-order valence-electron chi connectivity index (χ1n) is 9.22. The maximum atomic E-state index is 13.3. The van der Waals surface area contributed by atoms with Gasteiger partial charge in [-0.25, -0.2) is 5.01 Å². The van der Waals surface area contributed by atoms with Crippen molar-refractivity contribution in [2.45, 2.75) is 46.1 Å². The second-order valence-corrected chi connectivity index (χ2v) is 8.89. The van der Waals surface area contributed by atoms with Gasteiger partial charge < -0.3 is 0 Å². The molecule has 0 saturated heterocycles. The third kappa shape index (κ3) is 5.25. The maximum absolute atomic E-state index is 13.3. The van der Waals surface area contributed by atoms with Crippen LogP contribution < -0.4 is 0 Å². The number of carbonyl (C=O) groups excluding carboxylic acids is 1. The predicted octanol–water partition coefficient (Wildman–Crippen LogP) is 6.41. The molecule has 6 heteroatoms. The molecule has 0 atom stereocenters. The molecular formula is C22H26Cl2N2OS. The molecule has 0 aromatic heterocycles. The first-order chi connectivity index (χ1) is 13.1. The lowest BCUT2D eigenvalue weighted by Gasteiger charge is -2.43. The lowest BCUT2D eigenvalue weighted by molar-refractivity contribution is -0.00349. The first kappa shape index (κ1) is 22.7. The van der Waals surface area contributed by atoms with Gasteiger partial charge in [-0.15, -0.1) is 0 Å². The Labute approximate surface area is 183 Å². The second-order valence-electron chi connectivity index (χ2n) is 7.69. The molecule has 0 spiro atoms. The van der Waals surface area contributed by atoms with Crippen LogP contribution in [0.5, 0.6) is 0 Å². The van der Waals surface area contributed by atoms with Crippen molar-refractivity contribution in [3.8, 4) is 0 Å². The summed E-state index contributed by atoms with van der Waals surface area (Å²) in [5.41, 5.74) is 2.13. The van der Waals surface area contributed by atoms with Gasteiger partial charge in [-0.05, 0) is 51.0 Å². The van der Waals surface area contributed by atoms with E-state index in [1.165, 1.54) is 5.56 Å². The van der Waals surface area contributed by atoms with E-state index in [9.17, 15) is 4.79 Å². The zero-order chi connectivity index (χ0) is 21.1. The molecule has 0 saturated carbocycles. The molecule has 0 aliphatic carbocycles. The van der Waals surface area contributed by atoms with Crippen LogP contribution in [0.25, 0.3) is 0 Å². The van der Waals surface area contributed by atoms with Gasteiger partial charge in [0.05, 0.1) is 15.6 Å². The smallest absolute Gasteiger partial charge is 0.272 e. The first-order valence-corrected chi connectivity index (χ1v) is 10.4. The Balaban J connectivity index is 2.34. The average Bonchev–Trinajstić information content (AvgIpc) is 2.63. The molecule has 0 heterocycles. The van der Waals surface area contributed by atoms with Crippen LogP contribution in [-0.4, -0.2) is 33.5 Å². The summed E-state index contributed by atoms with van der Waals surface area (Å²) in [5, 5.41) is 4.14. The summed E-state index contributed by atoms with van der Waals surface area (Å²) in [5.74, 6) is -0.196. The van der Waals surface area contributed by atoms with E-state index < -0.39 is 5.54 Å². The normalized spacial score (nSPS) is 11.2. The Morgan fingerprint density at radius 1 is 1.00 bits per heavy atom. The zero-order valence-corrected chi connectivity index (χ0v) is 19.3. The van der Waals surface area contributed by atoms with E-state index in [1.807, 2.05) is 40.0 Å². The topological polar surface area (TPSA) is 23.6 Å². The molecule has 0 aliphatic heterocycles. The van der Waals surface area contributed by atoms with Gasteiger partial charge in [0.1, 0.15) is 4.99 Å². The highest BCUT2D eigenvalue weighted by molar-refractivity contribution is 7.80. The molecule has 2 aromatic rings. The predicted molar refractivity (Wildman–Crippen MR) is 122 cm³/mol. The molecule has 2 aromatic carbocycles. The molecule has 0 N–H and O–H groups in total. The highest BCUT2D eigenvalue weighted by atomic mass is 35.5. The van der Waals surface area contributed by atoms with E-state index in [-0.39, 0.29) is 5.91 Å². The maximum Gasteiger partial charge on any atom is 0.272 e. The number of hydrogen-bond acceptors (Lipinski definition) is 2. The minimum Gasteiger partial charge on any atom is -0.274 e. The fourth-order valence-corrected chi connectivity index (χ4v) is 3.54. The average molecular weight is 437 g/mol. The van der Waals surface area contributed by atoms with Crippen molar-refractivity contribution in [3.63, 3.8) is 0 Å². The summed E-state index contributed by atoms with van der Waals surface area (Å²) in [7, 11) is 1.81. The van der Waals surface area contributed by atoms with Crippen LogP contribution in [0.15, 0.2) is 42.5 Å². The van der Waals surface area contributed by atoms with Gasteiger partial charge in [0.2, 0.25) is 0 Å². The Bertz CT molecular complexity index is 860. The number of nitrogens with zero attached hydrogens (tertiary/aromatic N) is 2. The van der Waals surface area contributed by atoms with Gasteiger partial charge in [0.15, 0.2) is 0 Å². The molecule has 0 bridgehead atoms. The number of rotatable bonds is 4. The Kier molecular flexibility index (Phi) is 7.49. The highest BCUT2D eigenvalue weighted by Gasteiger charge is 2.33. The molecule has 0 radical (unpaired) electrons. The van der Waals surface area contributed by atoms with Crippen LogP contribution in [0.2, 0.25) is 10.0 Å². The van der Waals surface area contributed by atoms with E-state index in [2.05, 4.69) is 19.1 Å². The van der Waals surface area contributed by atoms with Crippen molar-refractivity contribution < 1.29 is 4.79 Å². The minimum atomic E-state index is -0.496. The number of carbonyl (C=O) groups is 1. The summed E-state index contributed by atoms with van der Waals surface area (Å²) in [4.78, 5) is 13.9. The minimum absolute atomic E-state index is 0.196. The number of hydrazine groups is 1. The van der Waals surface area contributed by atoms with E-state index in [1.54, 1.807) is 28.2 Å². The molecule has 3 nitrogen and oxygen atoms in total. The van der Waals surface area contributed by atoms with Crippen molar-refractivity contribution in [3.05, 3.63) is 69.2 Å². The summed E-state index contributed by atoms with van der Waals surface area (Å²) in [6, 6.07) is 13.1. The Morgan fingerprint density at radius 3 is 2.07 bits per heavy atom. The third-order valence-electron chi connectivity index (χ3n) is 4.33. The number of aryl methyl sites for hydroxylation is 1. The van der Waals surface area contributed by atoms with Gasteiger partial charge >= 0.3 is 0 Å².